The Labute approximate surface area is 364 Å². The Balaban J connectivity index is 0. The standard InChI is InChI=1S/C21H31NO5.C10H12O.C8H16O5S.C7H12O2/c1-13(2)26-19(24)18(22-20(25)27-21(5,6)7)12-17(15(4)23)16-11-9-8-10-14(16)3;1-8-5-3-4-6-10(8)7-9(2)11;1-6(2)13-8(9)7(3)5-12-14(4,10)11;1-5(2)7(8)9-6(3)4/h8-11,13,17-18H,12H2,1-7H3,(H,22,25);3-6H,7H2,1-2H3;6-7H,5H2,1-4H3;6H,1H2,2-4H3. The molecule has 1 N–H and O–H groups in total. The van der Waals surface area contributed by atoms with E-state index in [1.165, 1.54) is 12.5 Å². The van der Waals surface area contributed by atoms with Crippen molar-refractivity contribution in [3.63, 3.8) is 0 Å². The fraction of sp³-hybridized carbons (Fsp3) is 0.565. The first kappa shape index (κ1) is 58.2. The van der Waals surface area contributed by atoms with Gasteiger partial charge in [0, 0.05) is 17.9 Å². The largest absolute Gasteiger partial charge is 0.463 e. The summed E-state index contributed by atoms with van der Waals surface area (Å²) in [6.45, 7) is 29.2. The predicted molar refractivity (Wildman–Crippen MR) is 236 cm³/mol. The zero-order chi connectivity index (χ0) is 47.8. The second kappa shape index (κ2) is 28.6. The van der Waals surface area contributed by atoms with Crippen LogP contribution >= 0.6 is 0 Å². The van der Waals surface area contributed by atoms with Crippen LogP contribution in [0.15, 0.2) is 60.7 Å². The molecule has 1 amide bonds. The molecule has 14 nitrogen and oxygen atoms in total. The maximum Gasteiger partial charge on any atom is 0.408 e. The summed E-state index contributed by atoms with van der Waals surface area (Å²) in [5.74, 6) is -2.33. The van der Waals surface area contributed by atoms with E-state index < -0.39 is 51.6 Å². The van der Waals surface area contributed by atoms with Gasteiger partial charge in [-0.3, -0.25) is 18.6 Å². The molecule has 344 valence electrons. The van der Waals surface area contributed by atoms with Crippen LogP contribution < -0.4 is 5.32 Å². The summed E-state index contributed by atoms with van der Waals surface area (Å²) in [5, 5.41) is 2.57. The Morgan fingerprint density at radius 1 is 0.721 bits per heavy atom. The van der Waals surface area contributed by atoms with Crippen molar-refractivity contribution in [1.29, 1.82) is 0 Å². The average molecular weight is 878 g/mol. The van der Waals surface area contributed by atoms with Crippen molar-refractivity contribution < 1.29 is 60.3 Å². The van der Waals surface area contributed by atoms with Crippen molar-refractivity contribution >= 4 is 45.7 Å². The lowest BCUT2D eigenvalue weighted by Gasteiger charge is -2.26. The molecule has 0 aliphatic carbocycles. The molecule has 0 fully saturated rings. The molecule has 0 radical (unpaired) electrons. The van der Waals surface area contributed by atoms with Gasteiger partial charge >= 0.3 is 24.0 Å². The van der Waals surface area contributed by atoms with Gasteiger partial charge in [0.2, 0.25) is 0 Å². The molecule has 2 aromatic carbocycles. The number of amides is 1. The van der Waals surface area contributed by atoms with E-state index >= 15 is 0 Å². The normalized spacial score (nSPS) is 12.4. The van der Waals surface area contributed by atoms with Crippen molar-refractivity contribution in [3.05, 3.63) is 82.9 Å². The summed E-state index contributed by atoms with van der Waals surface area (Å²) in [5.41, 5.74) is 3.86. The molecule has 0 heterocycles. The van der Waals surface area contributed by atoms with Crippen molar-refractivity contribution in [2.75, 3.05) is 12.9 Å². The smallest absolute Gasteiger partial charge is 0.408 e. The minimum atomic E-state index is -3.49. The van der Waals surface area contributed by atoms with E-state index in [1.54, 1.807) is 83.1 Å². The van der Waals surface area contributed by atoms with Gasteiger partial charge in [0.05, 0.1) is 37.1 Å². The van der Waals surface area contributed by atoms with Crippen LogP contribution in [0.2, 0.25) is 0 Å². The van der Waals surface area contributed by atoms with Gasteiger partial charge in [-0.15, -0.1) is 0 Å². The molecule has 3 unspecified atom stereocenters. The average Bonchev–Trinajstić information content (AvgIpc) is 3.09. The van der Waals surface area contributed by atoms with Gasteiger partial charge < -0.3 is 24.3 Å². The molecule has 0 aromatic heterocycles. The number of hydrogen-bond acceptors (Lipinski definition) is 13. The van der Waals surface area contributed by atoms with Crippen LogP contribution in [0.5, 0.6) is 0 Å². The molecule has 0 aliphatic rings. The van der Waals surface area contributed by atoms with Crippen LogP contribution in [0, 0.1) is 19.8 Å². The summed E-state index contributed by atoms with van der Waals surface area (Å²) in [4.78, 5) is 69.6. The summed E-state index contributed by atoms with van der Waals surface area (Å²) in [6, 6.07) is 14.5. The molecule has 0 bridgehead atoms. The van der Waals surface area contributed by atoms with Crippen LogP contribution in [0.4, 0.5) is 4.79 Å². The minimum Gasteiger partial charge on any atom is -0.463 e. The van der Waals surface area contributed by atoms with Crippen molar-refractivity contribution in [2.45, 2.75) is 153 Å². The molecule has 0 saturated heterocycles. The molecule has 0 spiro atoms. The first-order chi connectivity index (χ1) is 27.9. The third-order valence-corrected chi connectivity index (χ3v) is 8.10. The van der Waals surface area contributed by atoms with Crippen molar-refractivity contribution in [3.8, 4) is 0 Å². The Hall–Kier alpha value is -4.89. The third kappa shape index (κ3) is 29.9. The highest BCUT2D eigenvalue weighted by molar-refractivity contribution is 7.85. The van der Waals surface area contributed by atoms with Crippen molar-refractivity contribution in [2.24, 2.45) is 5.92 Å². The minimum absolute atomic E-state index is 0.0470. The second-order valence-electron chi connectivity index (χ2n) is 16.4. The SMILES string of the molecule is C=C(C)C(=O)OC(C)C.CC(=O)C(CC(NC(=O)OC(C)(C)C)C(=O)OC(C)C)c1ccccc1C.CC(=O)Cc1ccccc1C.CC(C)OC(=O)C(C)COS(C)(=O)=O. The number of Topliss-reactive ketones (excluding diaryl/α,β-unsaturated/α-hetero) is 2. The van der Waals surface area contributed by atoms with Crippen LogP contribution in [0.1, 0.15) is 125 Å². The number of nitrogens with one attached hydrogen (secondary N) is 1. The van der Waals surface area contributed by atoms with E-state index in [4.69, 9.17) is 18.9 Å². The lowest BCUT2D eigenvalue weighted by Crippen LogP contribution is -2.46. The zero-order valence-electron chi connectivity index (χ0n) is 39.1. The predicted octanol–water partition coefficient (Wildman–Crippen LogP) is 8.09. The highest BCUT2D eigenvalue weighted by Gasteiger charge is 2.32. The second-order valence-corrected chi connectivity index (χ2v) is 18.0. The maximum absolute atomic E-state index is 12.5. The molecule has 2 aromatic rings. The number of ether oxygens (including phenoxy) is 4. The van der Waals surface area contributed by atoms with Gasteiger partial charge in [-0.1, -0.05) is 55.1 Å². The molecular formula is C46H71NO13S. The maximum atomic E-state index is 12.5. The summed E-state index contributed by atoms with van der Waals surface area (Å²) in [6.07, 6.45) is 0.290. The Morgan fingerprint density at radius 2 is 1.20 bits per heavy atom. The first-order valence-corrected chi connectivity index (χ1v) is 21.9. The number of rotatable bonds is 16. The lowest BCUT2D eigenvalue weighted by atomic mass is 9.86. The number of benzene rings is 2. The number of ketones is 2. The van der Waals surface area contributed by atoms with Gasteiger partial charge in [0.25, 0.3) is 10.1 Å². The van der Waals surface area contributed by atoms with Crippen LogP contribution in [-0.4, -0.2) is 86.8 Å². The van der Waals surface area contributed by atoms with E-state index in [9.17, 15) is 37.2 Å². The lowest BCUT2D eigenvalue weighted by molar-refractivity contribution is -0.153. The van der Waals surface area contributed by atoms with E-state index in [0.29, 0.717) is 12.0 Å². The monoisotopic (exact) mass is 877 g/mol. The van der Waals surface area contributed by atoms with E-state index in [0.717, 1.165) is 22.9 Å². The van der Waals surface area contributed by atoms with E-state index in [-0.39, 0.29) is 48.9 Å². The summed E-state index contributed by atoms with van der Waals surface area (Å²) in [7, 11) is -3.49. The summed E-state index contributed by atoms with van der Waals surface area (Å²) >= 11 is 0. The molecule has 15 heteroatoms. The van der Waals surface area contributed by atoms with E-state index in [2.05, 4.69) is 16.1 Å². The highest BCUT2D eigenvalue weighted by atomic mass is 32.2. The van der Waals surface area contributed by atoms with Gasteiger partial charge in [0.1, 0.15) is 23.2 Å². The van der Waals surface area contributed by atoms with E-state index in [1.807, 2.05) is 62.4 Å². The third-order valence-electron chi connectivity index (χ3n) is 7.53. The zero-order valence-corrected chi connectivity index (χ0v) is 39.9. The fourth-order valence-electron chi connectivity index (χ4n) is 4.74. The quantitative estimate of drug-likeness (QED) is 0.0736. The summed E-state index contributed by atoms with van der Waals surface area (Å²) < 4.78 is 45.8. The van der Waals surface area contributed by atoms with Crippen molar-refractivity contribution in [1.82, 2.24) is 5.32 Å². The Kier molecular flexibility index (Phi) is 27.3. The van der Waals surface area contributed by atoms with Gasteiger partial charge in [0.15, 0.2) is 0 Å². The Bertz CT molecular complexity index is 1840. The number of esters is 3. The number of aryl methyl sites for hydroxylation is 2. The number of carbonyl (C=O) groups is 6. The molecule has 0 aliphatic heterocycles. The molecule has 61 heavy (non-hydrogen) atoms. The number of alkyl carbamates (subject to hydrolysis) is 1. The Morgan fingerprint density at radius 3 is 1.59 bits per heavy atom. The number of carbonyl (C=O) groups excluding carboxylic acids is 6. The molecule has 3 atom stereocenters. The molecular weight excluding hydrogens is 807 g/mol. The van der Waals surface area contributed by atoms with Crippen LogP contribution in [-0.2, 0) is 63.6 Å². The topological polar surface area (TPSA) is 195 Å². The van der Waals surface area contributed by atoms with Gasteiger partial charge in [-0.2, -0.15) is 8.42 Å². The molecule has 2 rings (SSSR count). The fourth-order valence-corrected chi connectivity index (χ4v) is 5.19. The first-order valence-electron chi connectivity index (χ1n) is 20.1. The molecule has 0 saturated carbocycles. The highest BCUT2D eigenvalue weighted by Crippen LogP contribution is 2.26. The van der Waals surface area contributed by atoms with Crippen LogP contribution in [0.25, 0.3) is 0 Å². The van der Waals surface area contributed by atoms with Gasteiger partial charge in [-0.05, 0) is 133 Å². The van der Waals surface area contributed by atoms with Gasteiger partial charge in [-0.25, -0.2) is 14.4 Å². The number of hydrogen-bond donors (Lipinski definition) is 1. The van der Waals surface area contributed by atoms with Crippen LogP contribution in [0.3, 0.4) is 0 Å².